The molecule has 55 heavy (non-hydrogen) atoms. The number of ether oxygens (including phenoxy) is 3. The molecule has 0 aliphatic carbocycles. The number of nitrogens with zero attached hydrogens (tertiary/aromatic N) is 5. The first kappa shape index (κ1) is 40.9. The minimum Gasteiger partial charge on any atom is -0.460 e. The minimum atomic E-state index is -0.167. The molecule has 14 heteroatoms. The van der Waals surface area contributed by atoms with Crippen LogP contribution >= 0.6 is 15.9 Å². The molecule has 2 aliphatic rings. The molecule has 0 unspecified atom stereocenters. The van der Waals surface area contributed by atoms with Crippen molar-refractivity contribution >= 4 is 61.4 Å². The number of aryl methyl sites for hydroxylation is 1. The first-order valence-electron chi connectivity index (χ1n) is 17.7. The quantitative estimate of drug-likeness (QED) is 0.140. The molecule has 0 atom stereocenters. The lowest BCUT2D eigenvalue weighted by Gasteiger charge is -2.28. The molecule has 2 fully saturated rings. The predicted octanol–water partition coefficient (Wildman–Crippen LogP) is 6.07. The molecule has 2 saturated heterocycles. The monoisotopic (exact) mass is 813 g/mol. The van der Waals surface area contributed by atoms with Crippen LogP contribution in [0.15, 0.2) is 92.4 Å². The molecule has 0 spiro atoms. The van der Waals surface area contributed by atoms with E-state index in [0.717, 1.165) is 56.5 Å². The Morgan fingerprint density at radius 3 is 1.93 bits per heavy atom. The number of carbonyl (C=O) groups excluding carboxylic acids is 1. The van der Waals surface area contributed by atoms with E-state index in [0.29, 0.717) is 68.7 Å². The summed E-state index contributed by atoms with van der Waals surface area (Å²) in [7, 11) is 1.74. The number of rotatable bonds is 8. The maximum absolute atomic E-state index is 12.8. The number of aromatic amines is 2. The molecular formula is C41H48BrN7O6. The van der Waals surface area contributed by atoms with Gasteiger partial charge in [0.15, 0.2) is 0 Å². The summed E-state index contributed by atoms with van der Waals surface area (Å²) in [6.07, 6.45) is 6.56. The Hall–Kier alpha value is -5.31. The van der Waals surface area contributed by atoms with E-state index in [-0.39, 0.29) is 24.5 Å². The normalized spacial score (nSPS) is 14.3. The number of pyridine rings is 4. The molecule has 0 bridgehead atoms. The van der Waals surface area contributed by atoms with E-state index in [1.807, 2.05) is 79.1 Å². The summed E-state index contributed by atoms with van der Waals surface area (Å²) in [5.74, 6) is 1.32. The van der Waals surface area contributed by atoms with Gasteiger partial charge in [-0.25, -0.2) is 9.97 Å². The molecule has 290 valence electrons. The third kappa shape index (κ3) is 10.7. The topological polar surface area (TPSA) is 146 Å². The predicted molar refractivity (Wildman–Crippen MR) is 222 cm³/mol. The van der Waals surface area contributed by atoms with Crippen molar-refractivity contribution in [3.8, 4) is 5.75 Å². The van der Waals surface area contributed by atoms with Crippen molar-refractivity contribution in [2.75, 3.05) is 76.0 Å². The van der Waals surface area contributed by atoms with Crippen molar-refractivity contribution in [2.45, 2.75) is 28.2 Å². The van der Waals surface area contributed by atoms with Crippen LogP contribution in [0.5, 0.6) is 5.75 Å². The molecular weight excluding hydrogens is 766 g/mol. The molecule has 0 radical (unpaired) electrons. The summed E-state index contributed by atoms with van der Waals surface area (Å²) >= 11 is 3.38. The number of carbonyl (C=O) groups is 1. The van der Waals surface area contributed by atoms with Crippen LogP contribution in [0.1, 0.15) is 32.4 Å². The average Bonchev–Trinajstić information content (AvgIpc) is 3.18. The summed E-state index contributed by atoms with van der Waals surface area (Å²) < 4.78 is 17.6. The second-order valence-electron chi connectivity index (χ2n) is 13.3. The van der Waals surface area contributed by atoms with Crippen LogP contribution in [0.2, 0.25) is 0 Å². The number of amides is 1. The highest BCUT2D eigenvalue weighted by atomic mass is 79.9. The third-order valence-corrected chi connectivity index (χ3v) is 9.47. The van der Waals surface area contributed by atoms with Crippen molar-refractivity contribution in [1.82, 2.24) is 24.8 Å². The molecule has 6 heterocycles. The van der Waals surface area contributed by atoms with E-state index in [9.17, 15) is 14.4 Å². The number of H-pyrrole nitrogens is 2. The lowest BCUT2D eigenvalue weighted by atomic mass is 10.2. The number of likely N-dealkylation sites (N-methyl/N-ethyl adjacent to an activating group) is 1. The molecule has 5 aromatic rings. The smallest absolute Gasteiger partial charge is 0.273 e. The highest BCUT2D eigenvalue weighted by Crippen LogP contribution is 2.21. The molecule has 13 nitrogen and oxygen atoms in total. The maximum atomic E-state index is 12.8. The minimum absolute atomic E-state index is 0. The molecule has 1 amide bonds. The summed E-state index contributed by atoms with van der Waals surface area (Å²) in [5, 5.41) is 1.72. The number of anilines is 2. The first-order chi connectivity index (χ1) is 26.0. The van der Waals surface area contributed by atoms with E-state index < -0.39 is 0 Å². The number of benzene rings is 1. The van der Waals surface area contributed by atoms with Gasteiger partial charge >= 0.3 is 0 Å². The van der Waals surface area contributed by atoms with Crippen molar-refractivity contribution in [3.63, 3.8) is 0 Å². The number of allylic oxidation sites excluding steroid dienone is 1. The Morgan fingerprint density at radius 1 is 0.855 bits per heavy atom. The lowest BCUT2D eigenvalue weighted by molar-refractivity contribution is -0.124. The summed E-state index contributed by atoms with van der Waals surface area (Å²) in [4.78, 5) is 57.2. The van der Waals surface area contributed by atoms with Crippen LogP contribution in [0.3, 0.4) is 0 Å². The van der Waals surface area contributed by atoms with Gasteiger partial charge in [-0.15, -0.1) is 0 Å². The van der Waals surface area contributed by atoms with Gasteiger partial charge in [-0.3, -0.25) is 14.4 Å². The van der Waals surface area contributed by atoms with Crippen molar-refractivity contribution < 1.29 is 19.0 Å². The summed E-state index contributed by atoms with van der Waals surface area (Å²) in [6, 6.07) is 15.4. The number of halogens is 1. The van der Waals surface area contributed by atoms with Crippen LogP contribution in [0, 0.1) is 6.92 Å². The zero-order valence-corrected chi connectivity index (χ0v) is 32.4. The molecule has 2 aliphatic heterocycles. The fourth-order valence-corrected chi connectivity index (χ4v) is 6.30. The first-order valence-corrected chi connectivity index (χ1v) is 18.5. The number of morpholine rings is 2. The Bertz CT molecular complexity index is 2290. The SMILES string of the molecule is C.CC(C)=C(CN(C)C(=O)/C=C/c1cnc2[nH]c(=O)c(N3CCOCC3)cc2c1)Oc1ccc(C)cc1.O=c1[nH]c2ncc(Br)cc2cc1N1CCOCC1. The molecule has 7 rings (SSSR count). The number of hydrogen-bond acceptors (Lipinski definition) is 10. The van der Waals surface area contributed by atoms with E-state index in [2.05, 4.69) is 35.9 Å². The Balaban J connectivity index is 0.000000255. The number of hydrogen-bond donors (Lipinski definition) is 2. The Kier molecular flexibility index (Phi) is 14.0. The van der Waals surface area contributed by atoms with Gasteiger partial charge in [0.2, 0.25) is 5.91 Å². The second-order valence-corrected chi connectivity index (χ2v) is 14.2. The van der Waals surface area contributed by atoms with Gasteiger partial charge in [0, 0.05) is 66.9 Å². The lowest BCUT2D eigenvalue weighted by Crippen LogP contribution is -2.39. The summed E-state index contributed by atoms with van der Waals surface area (Å²) in [6.45, 7) is 11.7. The van der Waals surface area contributed by atoms with Crippen molar-refractivity contribution in [1.29, 1.82) is 0 Å². The van der Waals surface area contributed by atoms with Gasteiger partial charge in [0.05, 0.1) is 33.0 Å². The maximum Gasteiger partial charge on any atom is 0.273 e. The van der Waals surface area contributed by atoms with Gasteiger partial charge in [0.1, 0.15) is 34.2 Å². The standard InChI is InChI=1S/C28H32N4O4.C12H12BrN3O2.CH4/c1-19(2)25(36-23-8-5-20(3)6-9-23)18-31(4)26(33)10-7-21-15-22-16-24(32-11-13-35-14-12-32)28(34)30-27(22)29-17-21;13-9-5-8-6-10(16-1-3-18-4-2-16)12(17)15-11(8)14-7-9;/h5-10,15-17H,11-14,18H2,1-4H3,(H,29,30,34);5-7H,1-4H2,(H,14,15,17);1H4/b10-7+;;. The molecule has 0 saturated carbocycles. The highest BCUT2D eigenvalue weighted by Gasteiger charge is 2.17. The fraction of sp³-hybridized carbons (Fsp3) is 0.341. The van der Waals surface area contributed by atoms with Gasteiger partial charge in [-0.1, -0.05) is 25.1 Å². The van der Waals surface area contributed by atoms with Crippen molar-refractivity contribution in [3.05, 3.63) is 115 Å². The molecule has 1 aromatic carbocycles. The van der Waals surface area contributed by atoms with Crippen LogP contribution in [-0.4, -0.2) is 96.9 Å². The van der Waals surface area contributed by atoms with Gasteiger partial charge in [0.25, 0.3) is 11.1 Å². The van der Waals surface area contributed by atoms with Gasteiger partial charge in [-0.05, 0) is 90.3 Å². The molecule has 2 N–H and O–H groups in total. The fourth-order valence-electron chi connectivity index (χ4n) is 5.95. The van der Waals surface area contributed by atoms with Crippen LogP contribution in [0.4, 0.5) is 11.4 Å². The number of fused-ring (bicyclic) bond motifs is 2. The third-order valence-electron chi connectivity index (χ3n) is 9.03. The average molecular weight is 815 g/mol. The van der Waals surface area contributed by atoms with Crippen LogP contribution in [0.25, 0.3) is 28.1 Å². The molecule has 4 aromatic heterocycles. The Morgan fingerprint density at radius 2 is 1.38 bits per heavy atom. The van der Waals surface area contributed by atoms with Gasteiger partial charge in [-0.2, -0.15) is 0 Å². The van der Waals surface area contributed by atoms with E-state index in [4.69, 9.17) is 14.2 Å². The number of nitrogens with one attached hydrogen (secondary N) is 2. The number of aromatic nitrogens is 4. The zero-order valence-electron chi connectivity index (χ0n) is 30.9. The van der Waals surface area contributed by atoms with E-state index in [1.165, 1.54) is 6.08 Å². The van der Waals surface area contributed by atoms with E-state index in [1.54, 1.807) is 30.4 Å². The second kappa shape index (κ2) is 18.8. The van der Waals surface area contributed by atoms with E-state index >= 15 is 0 Å². The van der Waals surface area contributed by atoms with Crippen LogP contribution in [-0.2, 0) is 14.3 Å². The summed E-state index contributed by atoms with van der Waals surface area (Å²) in [5.41, 5.74) is 5.08. The highest BCUT2D eigenvalue weighted by molar-refractivity contribution is 9.10. The Labute approximate surface area is 328 Å². The van der Waals surface area contributed by atoms with Gasteiger partial charge < -0.3 is 38.9 Å². The zero-order chi connectivity index (χ0) is 38.2. The van der Waals surface area contributed by atoms with Crippen LogP contribution < -0.4 is 25.7 Å². The largest absolute Gasteiger partial charge is 0.460 e. The van der Waals surface area contributed by atoms with Crippen molar-refractivity contribution in [2.24, 2.45) is 0 Å².